The van der Waals surface area contributed by atoms with Gasteiger partial charge in [0.1, 0.15) is 6.04 Å². The van der Waals surface area contributed by atoms with Crippen molar-refractivity contribution in [3.05, 3.63) is 70.9 Å². The number of rotatable bonds is 7. The van der Waals surface area contributed by atoms with Gasteiger partial charge in [0.25, 0.3) is 11.8 Å². The smallest absolute Gasteiger partial charge is 0.329 e. The highest BCUT2D eigenvalue weighted by Crippen LogP contribution is 2.20. The molecule has 2 aromatic carbocycles. The molecule has 4 rings (SSSR count). The number of hydrogen-bond acceptors (Lipinski definition) is 5. The van der Waals surface area contributed by atoms with Gasteiger partial charge in [0.05, 0.1) is 12.2 Å². The molecule has 1 aliphatic heterocycles. The van der Waals surface area contributed by atoms with E-state index in [-0.39, 0.29) is 24.5 Å². The molecule has 1 aromatic heterocycles. The Morgan fingerprint density at radius 2 is 1.80 bits per heavy atom. The number of para-hydroxylation sites is 1. The number of H-pyrrole nitrogens is 1. The summed E-state index contributed by atoms with van der Waals surface area (Å²) in [5, 5.41) is 4.20. The highest BCUT2D eigenvalue weighted by Gasteiger charge is 2.29. The van der Waals surface area contributed by atoms with Crippen LogP contribution in [0.2, 0.25) is 5.02 Å². The van der Waals surface area contributed by atoms with E-state index in [4.69, 9.17) is 21.1 Å². The molecular formula is C26H28ClN3O5. The van der Waals surface area contributed by atoms with Gasteiger partial charge in [0.15, 0.2) is 6.61 Å². The first kappa shape index (κ1) is 24.8. The molecule has 2 N–H and O–H groups in total. The number of aromatic amines is 1. The number of esters is 1. The molecule has 1 fully saturated rings. The highest BCUT2D eigenvalue weighted by molar-refractivity contribution is 6.30. The van der Waals surface area contributed by atoms with E-state index in [1.165, 1.54) is 0 Å². The van der Waals surface area contributed by atoms with Crippen LogP contribution in [-0.4, -0.2) is 65.6 Å². The second-order valence-corrected chi connectivity index (χ2v) is 9.20. The van der Waals surface area contributed by atoms with Crippen molar-refractivity contribution in [2.24, 2.45) is 0 Å². The summed E-state index contributed by atoms with van der Waals surface area (Å²) in [4.78, 5) is 43.4. The lowest BCUT2D eigenvalue weighted by molar-refractivity contribution is -0.158. The van der Waals surface area contributed by atoms with Crippen LogP contribution in [0.4, 0.5) is 0 Å². The maximum atomic E-state index is 13.1. The van der Waals surface area contributed by atoms with Crippen LogP contribution in [-0.2, 0) is 25.5 Å². The van der Waals surface area contributed by atoms with Gasteiger partial charge in [0, 0.05) is 47.2 Å². The minimum Gasteiger partial charge on any atom is -0.454 e. The Labute approximate surface area is 208 Å². The average Bonchev–Trinajstić information content (AvgIpc) is 3.24. The lowest BCUT2D eigenvalue weighted by atomic mass is 10.0. The van der Waals surface area contributed by atoms with Gasteiger partial charge in [0.2, 0.25) is 0 Å². The van der Waals surface area contributed by atoms with E-state index in [0.29, 0.717) is 23.7 Å². The standard InChI is InChI=1S/C26H28ClN3O5/c1-16-13-30(14-17(2)35-16)24(31)15-34-26(33)23(29-25(32)18-7-9-20(27)10-8-18)11-19-12-28-22-6-4-3-5-21(19)22/h3-10,12,16-17,23,28H,11,13-15H2,1-2H3,(H,29,32). The van der Waals surface area contributed by atoms with E-state index in [1.807, 2.05) is 38.1 Å². The maximum absolute atomic E-state index is 13.1. The van der Waals surface area contributed by atoms with Crippen LogP contribution in [0.15, 0.2) is 54.7 Å². The Hall–Kier alpha value is -3.36. The largest absolute Gasteiger partial charge is 0.454 e. The molecule has 3 aromatic rings. The van der Waals surface area contributed by atoms with Gasteiger partial charge < -0.3 is 24.7 Å². The van der Waals surface area contributed by atoms with Crippen LogP contribution in [0, 0.1) is 0 Å². The van der Waals surface area contributed by atoms with Crippen molar-refractivity contribution in [3.8, 4) is 0 Å². The Morgan fingerprint density at radius 3 is 2.51 bits per heavy atom. The Morgan fingerprint density at radius 1 is 1.11 bits per heavy atom. The normalized spacial score (nSPS) is 18.8. The summed E-state index contributed by atoms with van der Waals surface area (Å²) in [6.45, 7) is 4.26. The average molecular weight is 498 g/mol. The van der Waals surface area contributed by atoms with E-state index in [1.54, 1.807) is 35.4 Å². The number of carbonyl (C=O) groups excluding carboxylic acids is 3. The molecule has 0 aliphatic carbocycles. The number of halogens is 1. The number of nitrogens with zero attached hydrogens (tertiary/aromatic N) is 1. The van der Waals surface area contributed by atoms with Crippen molar-refractivity contribution in [1.29, 1.82) is 0 Å². The minimum atomic E-state index is -0.993. The van der Waals surface area contributed by atoms with Gasteiger partial charge in [-0.1, -0.05) is 29.8 Å². The van der Waals surface area contributed by atoms with E-state index in [2.05, 4.69) is 10.3 Å². The second kappa shape index (κ2) is 10.9. The van der Waals surface area contributed by atoms with Gasteiger partial charge in [-0.15, -0.1) is 0 Å². The Balaban J connectivity index is 1.47. The Kier molecular flexibility index (Phi) is 7.73. The second-order valence-electron chi connectivity index (χ2n) is 8.76. The number of morpholine rings is 1. The number of hydrogen-bond donors (Lipinski definition) is 2. The fourth-order valence-electron chi connectivity index (χ4n) is 4.26. The molecule has 2 amide bonds. The number of aromatic nitrogens is 1. The maximum Gasteiger partial charge on any atom is 0.329 e. The zero-order valence-electron chi connectivity index (χ0n) is 19.6. The Bertz CT molecular complexity index is 1200. The monoisotopic (exact) mass is 497 g/mol. The number of benzene rings is 2. The van der Waals surface area contributed by atoms with E-state index >= 15 is 0 Å². The predicted molar refractivity (Wildman–Crippen MR) is 132 cm³/mol. The predicted octanol–water partition coefficient (Wildman–Crippen LogP) is 3.34. The van der Waals surface area contributed by atoms with Crippen molar-refractivity contribution in [3.63, 3.8) is 0 Å². The molecule has 35 heavy (non-hydrogen) atoms. The molecule has 0 bridgehead atoms. The van der Waals surface area contributed by atoms with Crippen LogP contribution in [0.5, 0.6) is 0 Å². The summed E-state index contributed by atoms with van der Waals surface area (Å²) in [6.07, 6.45) is 1.82. The van der Waals surface area contributed by atoms with Crippen molar-refractivity contribution in [2.75, 3.05) is 19.7 Å². The summed E-state index contributed by atoms with van der Waals surface area (Å²) in [5.41, 5.74) is 2.13. The molecule has 0 saturated carbocycles. The number of ether oxygens (including phenoxy) is 2. The van der Waals surface area contributed by atoms with Crippen LogP contribution in [0.1, 0.15) is 29.8 Å². The van der Waals surface area contributed by atoms with Gasteiger partial charge in [-0.25, -0.2) is 4.79 Å². The number of carbonyl (C=O) groups is 3. The SMILES string of the molecule is CC1CN(C(=O)COC(=O)C(Cc2c[nH]c3ccccc23)NC(=O)c2ccc(Cl)cc2)CC(C)O1. The third-order valence-electron chi connectivity index (χ3n) is 5.91. The first-order valence-corrected chi connectivity index (χ1v) is 11.9. The molecule has 184 valence electrons. The first-order chi connectivity index (χ1) is 16.8. The molecule has 1 saturated heterocycles. The molecule has 0 radical (unpaired) electrons. The lowest BCUT2D eigenvalue weighted by Gasteiger charge is -2.35. The zero-order valence-corrected chi connectivity index (χ0v) is 20.4. The van der Waals surface area contributed by atoms with Crippen molar-refractivity contribution in [2.45, 2.75) is 38.5 Å². The first-order valence-electron chi connectivity index (χ1n) is 11.5. The van der Waals surface area contributed by atoms with Crippen molar-refractivity contribution < 1.29 is 23.9 Å². The molecule has 1 aliphatic rings. The molecule has 2 heterocycles. The summed E-state index contributed by atoms with van der Waals surface area (Å²) >= 11 is 5.92. The van der Waals surface area contributed by atoms with E-state index in [9.17, 15) is 14.4 Å². The summed E-state index contributed by atoms with van der Waals surface area (Å²) in [6, 6.07) is 13.1. The van der Waals surface area contributed by atoms with E-state index in [0.717, 1.165) is 16.5 Å². The summed E-state index contributed by atoms with van der Waals surface area (Å²) < 4.78 is 11.0. The van der Waals surface area contributed by atoms with Crippen LogP contribution in [0.3, 0.4) is 0 Å². The third kappa shape index (κ3) is 6.21. The quantitative estimate of drug-likeness (QED) is 0.487. The van der Waals surface area contributed by atoms with Gasteiger partial charge in [-0.05, 0) is 49.7 Å². The van der Waals surface area contributed by atoms with Crippen LogP contribution >= 0.6 is 11.6 Å². The number of fused-ring (bicyclic) bond motifs is 1. The van der Waals surface area contributed by atoms with Crippen molar-refractivity contribution in [1.82, 2.24) is 15.2 Å². The molecule has 8 nitrogen and oxygen atoms in total. The molecule has 3 unspecified atom stereocenters. The number of nitrogens with one attached hydrogen (secondary N) is 2. The molecule has 0 spiro atoms. The van der Waals surface area contributed by atoms with Gasteiger partial charge >= 0.3 is 5.97 Å². The lowest BCUT2D eigenvalue weighted by Crippen LogP contribution is -2.50. The molecular weight excluding hydrogens is 470 g/mol. The van der Waals surface area contributed by atoms with Crippen LogP contribution in [0.25, 0.3) is 10.9 Å². The summed E-state index contributed by atoms with van der Waals surface area (Å²) in [7, 11) is 0. The van der Waals surface area contributed by atoms with E-state index < -0.39 is 24.5 Å². The molecule has 3 atom stereocenters. The highest BCUT2D eigenvalue weighted by atomic mass is 35.5. The fourth-order valence-corrected chi connectivity index (χ4v) is 4.39. The van der Waals surface area contributed by atoms with Crippen molar-refractivity contribution >= 4 is 40.3 Å². The minimum absolute atomic E-state index is 0.0910. The molecule has 9 heteroatoms. The van der Waals surface area contributed by atoms with Gasteiger partial charge in [-0.2, -0.15) is 0 Å². The van der Waals surface area contributed by atoms with Gasteiger partial charge in [-0.3, -0.25) is 9.59 Å². The third-order valence-corrected chi connectivity index (χ3v) is 6.16. The van der Waals surface area contributed by atoms with Crippen LogP contribution < -0.4 is 5.32 Å². The fraction of sp³-hybridized carbons (Fsp3) is 0.346. The number of amides is 2. The topological polar surface area (TPSA) is 101 Å². The zero-order chi connectivity index (χ0) is 24.9. The summed E-state index contributed by atoms with van der Waals surface area (Å²) in [5.74, 6) is -1.42.